The highest BCUT2D eigenvalue weighted by molar-refractivity contribution is 6.16. The number of nitrogens with zero attached hydrogens (tertiary/aromatic N) is 1. The van der Waals surface area contributed by atoms with Crippen LogP contribution in [0.15, 0.2) is 104 Å². The van der Waals surface area contributed by atoms with Crippen LogP contribution in [-0.2, 0) is 0 Å². The summed E-state index contributed by atoms with van der Waals surface area (Å²) in [4.78, 5) is 5.53. The molecule has 0 saturated heterocycles. The molecule has 0 aliphatic heterocycles. The summed E-state index contributed by atoms with van der Waals surface area (Å²) in [5, 5.41) is 6.27. The van der Waals surface area contributed by atoms with Crippen LogP contribution in [0.5, 0.6) is 0 Å². The topological polar surface area (TPSA) is 12.9 Å². The maximum Gasteiger partial charge on any atom is 0.0797 e. The molecule has 2 atom stereocenters. The van der Waals surface area contributed by atoms with Gasteiger partial charge >= 0.3 is 0 Å². The average molecular weight is 472 g/mol. The summed E-state index contributed by atoms with van der Waals surface area (Å²) in [5.41, 5.74) is 11.4. The molecule has 1 nitrogen and oxygen atoms in total. The zero-order valence-corrected chi connectivity index (χ0v) is 20.5. The lowest BCUT2D eigenvalue weighted by atomic mass is 9.80. The molecule has 1 aromatic heterocycles. The summed E-state index contributed by atoms with van der Waals surface area (Å²) in [5.74, 6) is 0.760. The third kappa shape index (κ3) is 2.66. The van der Waals surface area contributed by atoms with Gasteiger partial charge in [0.15, 0.2) is 0 Å². The van der Waals surface area contributed by atoms with E-state index < -0.39 is 0 Å². The minimum Gasteiger partial charge on any atom is -0.247 e. The molecular weight excluding hydrogens is 446 g/mol. The lowest BCUT2D eigenvalue weighted by molar-refractivity contribution is 0.797. The molecule has 2 aliphatic rings. The van der Waals surface area contributed by atoms with Crippen molar-refractivity contribution in [1.82, 2.24) is 4.98 Å². The van der Waals surface area contributed by atoms with Crippen LogP contribution in [0.1, 0.15) is 51.6 Å². The molecule has 0 radical (unpaired) electrons. The first-order valence-electron chi connectivity index (χ1n) is 13.0. The molecule has 1 heterocycles. The third-order valence-electron chi connectivity index (χ3n) is 8.65. The van der Waals surface area contributed by atoms with Crippen LogP contribution in [0.25, 0.3) is 55.9 Å². The van der Waals surface area contributed by atoms with E-state index in [1.165, 1.54) is 54.7 Å². The monoisotopic (exact) mass is 471 g/mol. The molecule has 0 fully saturated rings. The zero-order valence-electron chi connectivity index (χ0n) is 20.5. The fourth-order valence-electron chi connectivity index (χ4n) is 7.17. The quantitative estimate of drug-likeness (QED) is 0.234. The summed E-state index contributed by atoms with van der Waals surface area (Å²) >= 11 is 0. The Morgan fingerprint density at radius 1 is 0.649 bits per heavy atom. The second-order valence-electron chi connectivity index (χ2n) is 10.3. The van der Waals surface area contributed by atoms with Gasteiger partial charge in [-0.15, -0.1) is 0 Å². The maximum atomic E-state index is 5.53. The summed E-state index contributed by atoms with van der Waals surface area (Å²) < 4.78 is 0. The Bertz CT molecular complexity index is 1960. The summed E-state index contributed by atoms with van der Waals surface area (Å²) in [6, 6.07) is 33.1. The average Bonchev–Trinajstić information content (AvgIpc) is 3.54. The highest BCUT2D eigenvalue weighted by atomic mass is 14.7. The van der Waals surface area contributed by atoms with E-state index in [4.69, 9.17) is 4.98 Å². The SMILES string of the molecule is C=Cc1c(C=C)c2nc(-c3ccc4ccccc4c3)c3c(c2c2ccccc12)C1CC3c2ccccc21. The molecule has 6 aromatic rings. The van der Waals surface area contributed by atoms with Gasteiger partial charge in [0, 0.05) is 28.3 Å². The molecule has 37 heavy (non-hydrogen) atoms. The molecule has 8 rings (SSSR count). The highest BCUT2D eigenvalue weighted by Gasteiger charge is 2.45. The van der Waals surface area contributed by atoms with Crippen molar-refractivity contribution in [2.24, 2.45) is 0 Å². The van der Waals surface area contributed by atoms with Crippen molar-refractivity contribution in [2.45, 2.75) is 18.3 Å². The van der Waals surface area contributed by atoms with Crippen LogP contribution in [0.4, 0.5) is 0 Å². The Kier molecular flexibility index (Phi) is 4.19. The number of benzene rings is 5. The van der Waals surface area contributed by atoms with Gasteiger partial charge in [-0.05, 0) is 61.8 Å². The summed E-state index contributed by atoms with van der Waals surface area (Å²) in [6.07, 6.45) is 5.05. The van der Waals surface area contributed by atoms with Crippen LogP contribution in [0.3, 0.4) is 0 Å². The Labute approximate surface area is 216 Å². The van der Waals surface area contributed by atoms with Crippen LogP contribution >= 0.6 is 0 Å². The Morgan fingerprint density at radius 3 is 2.05 bits per heavy atom. The molecular formula is C36H25N. The van der Waals surface area contributed by atoms with Gasteiger partial charge in [0.2, 0.25) is 0 Å². The molecule has 0 saturated carbocycles. The van der Waals surface area contributed by atoms with E-state index in [9.17, 15) is 0 Å². The minimum atomic E-state index is 0.375. The van der Waals surface area contributed by atoms with Gasteiger partial charge in [0.25, 0.3) is 0 Å². The predicted octanol–water partition coefficient (Wildman–Crippen LogP) is 9.48. The van der Waals surface area contributed by atoms with Crippen LogP contribution < -0.4 is 0 Å². The fraction of sp³-hybridized carbons (Fsp3) is 0.0833. The van der Waals surface area contributed by atoms with Crippen molar-refractivity contribution in [3.8, 4) is 11.3 Å². The number of fused-ring (bicyclic) bond motifs is 13. The first-order chi connectivity index (χ1) is 18.3. The van der Waals surface area contributed by atoms with Gasteiger partial charge < -0.3 is 0 Å². The van der Waals surface area contributed by atoms with Crippen molar-refractivity contribution in [1.29, 1.82) is 0 Å². The van der Waals surface area contributed by atoms with Crippen molar-refractivity contribution in [3.63, 3.8) is 0 Å². The van der Waals surface area contributed by atoms with Gasteiger partial charge in [0.1, 0.15) is 0 Å². The Hall–Kier alpha value is -4.49. The van der Waals surface area contributed by atoms with Crippen molar-refractivity contribution >= 4 is 44.6 Å². The number of hydrogen-bond acceptors (Lipinski definition) is 1. The van der Waals surface area contributed by atoms with Crippen molar-refractivity contribution < 1.29 is 0 Å². The first-order valence-corrected chi connectivity index (χ1v) is 13.0. The van der Waals surface area contributed by atoms with E-state index in [0.29, 0.717) is 11.8 Å². The second-order valence-corrected chi connectivity index (χ2v) is 10.3. The number of hydrogen-bond donors (Lipinski definition) is 0. The van der Waals surface area contributed by atoms with Crippen LogP contribution in [0.2, 0.25) is 0 Å². The van der Waals surface area contributed by atoms with Crippen molar-refractivity contribution in [2.75, 3.05) is 0 Å². The summed E-state index contributed by atoms with van der Waals surface area (Å²) in [7, 11) is 0. The van der Waals surface area contributed by atoms with E-state index in [2.05, 4.69) is 104 Å². The zero-order chi connectivity index (χ0) is 24.7. The van der Waals surface area contributed by atoms with E-state index in [-0.39, 0.29) is 0 Å². The smallest absolute Gasteiger partial charge is 0.0797 e. The fourth-order valence-corrected chi connectivity index (χ4v) is 7.17. The predicted molar refractivity (Wildman–Crippen MR) is 157 cm³/mol. The third-order valence-corrected chi connectivity index (χ3v) is 8.65. The van der Waals surface area contributed by atoms with Crippen LogP contribution in [-0.4, -0.2) is 4.98 Å². The molecule has 0 N–H and O–H groups in total. The van der Waals surface area contributed by atoms with Gasteiger partial charge in [-0.25, -0.2) is 4.98 Å². The lowest BCUT2D eigenvalue weighted by Gasteiger charge is -2.25. The van der Waals surface area contributed by atoms with Crippen molar-refractivity contribution in [3.05, 3.63) is 138 Å². The molecule has 1 heteroatoms. The Balaban J connectivity index is 1.57. The largest absolute Gasteiger partial charge is 0.247 e. The highest BCUT2D eigenvalue weighted by Crippen LogP contribution is 2.60. The number of rotatable bonds is 3. The van der Waals surface area contributed by atoms with E-state index in [1.54, 1.807) is 0 Å². The lowest BCUT2D eigenvalue weighted by Crippen LogP contribution is -2.09. The number of aromatic nitrogens is 1. The Morgan fingerprint density at radius 2 is 1.30 bits per heavy atom. The molecule has 2 unspecified atom stereocenters. The van der Waals surface area contributed by atoms with E-state index in [1.807, 2.05) is 12.2 Å². The number of pyridine rings is 1. The normalized spacial score (nSPS) is 17.3. The van der Waals surface area contributed by atoms with Gasteiger partial charge in [-0.2, -0.15) is 0 Å². The second kappa shape index (κ2) is 7.51. The molecule has 2 aliphatic carbocycles. The molecule has 2 bridgehead atoms. The maximum absolute atomic E-state index is 5.53. The van der Waals surface area contributed by atoms with Crippen LogP contribution in [0, 0.1) is 0 Å². The van der Waals surface area contributed by atoms with Gasteiger partial charge in [-0.1, -0.05) is 110 Å². The molecule has 0 spiro atoms. The standard InChI is InChI=1S/C36H25N/c1-3-24-25(4-2)36-33(29-16-10-9-13-26(24)29)32-30-20-31(28-15-8-7-14-27(28)30)34(32)35(37-36)23-18-17-21-11-5-6-12-22(21)19-23/h3-19,30-31H,1-2,20H2. The van der Waals surface area contributed by atoms with E-state index in [0.717, 1.165) is 28.8 Å². The molecule has 5 aromatic carbocycles. The minimum absolute atomic E-state index is 0.375. The molecule has 174 valence electrons. The summed E-state index contributed by atoms with van der Waals surface area (Å²) in [6.45, 7) is 8.41. The molecule has 0 amide bonds. The van der Waals surface area contributed by atoms with E-state index >= 15 is 0 Å². The van der Waals surface area contributed by atoms with Gasteiger partial charge in [0.05, 0.1) is 11.2 Å². The first kappa shape index (κ1) is 20.7. The van der Waals surface area contributed by atoms with Gasteiger partial charge in [-0.3, -0.25) is 0 Å².